The second-order valence-corrected chi connectivity index (χ2v) is 9.82. The van der Waals surface area contributed by atoms with Crippen molar-refractivity contribution in [3.63, 3.8) is 0 Å². The van der Waals surface area contributed by atoms with Crippen LogP contribution in [0.1, 0.15) is 77.7 Å². The molecular weight excluding hydrogens is 388 g/mol. The highest BCUT2D eigenvalue weighted by Gasteiger charge is 2.42. The Morgan fingerprint density at radius 2 is 1.24 bits per heavy atom. The first kappa shape index (κ1) is 23.7. The Hall–Kier alpha value is -1.62. The maximum atomic E-state index is 6.00. The molecule has 0 bridgehead atoms. The van der Waals surface area contributed by atoms with E-state index >= 15 is 0 Å². The second-order valence-electron chi connectivity index (χ2n) is 7.09. The third-order valence-corrected chi connectivity index (χ3v) is 8.12. The summed E-state index contributed by atoms with van der Waals surface area (Å²) in [6.45, 7) is 13.9. The zero-order valence-electron chi connectivity index (χ0n) is 18.7. The van der Waals surface area contributed by atoms with Gasteiger partial charge in [0.2, 0.25) is 0 Å². The molecule has 0 aromatic carbocycles. The summed E-state index contributed by atoms with van der Waals surface area (Å²) in [6.07, 6.45) is 3.18. The molecule has 0 amide bonds. The molecule has 0 fully saturated rings. The zero-order chi connectivity index (χ0) is 21.3. The van der Waals surface area contributed by atoms with Gasteiger partial charge in [0.25, 0.3) is 0 Å². The highest BCUT2D eigenvalue weighted by Crippen LogP contribution is 2.34. The molecule has 0 saturated heterocycles. The third kappa shape index (κ3) is 5.71. The lowest BCUT2D eigenvalue weighted by Crippen LogP contribution is -2.46. The molecule has 29 heavy (non-hydrogen) atoms. The van der Waals surface area contributed by atoms with Gasteiger partial charge < -0.3 is 13.3 Å². The maximum Gasteiger partial charge on any atom is 0.500 e. The number of aromatic nitrogens is 6. The average Bonchev–Trinajstić information content (AvgIpc) is 3.38. The second kappa shape index (κ2) is 11.0. The lowest BCUT2D eigenvalue weighted by Gasteiger charge is -2.30. The minimum atomic E-state index is -2.70. The van der Waals surface area contributed by atoms with E-state index in [9.17, 15) is 0 Å². The number of hydrogen-bond donors (Lipinski definition) is 2. The Labute approximate surface area is 174 Å². The van der Waals surface area contributed by atoms with Gasteiger partial charge in [-0.1, -0.05) is 13.8 Å². The van der Waals surface area contributed by atoms with Crippen molar-refractivity contribution in [1.82, 2.24) is 30.4 Å². The van der Waals surface area contributed by atoms with Gasteiger partial charge in [0.05, 0.1) is 5.41 Å². The molecule has 0 aliphatic heterocycles. The van der Waals surface area contributed by atoms with Crippen LogP contribution in [0, 0.1) is 0 Å². The fourth-order valence-electron chi connectivity index (χ4n) is 3.38. The van der Waals surface area contributed by atoms with Gasteiger partial charge in [0.1, 0.15) is 11.6 Å². The summed E-state index contributed by atoms with van der Waals surface area (Å²) in [7, 11) is -2.70. The van der Waals surface area contributed by atoms with E-state index in [1.165, 1.54) is 0 Å². The zero-order valence-corrected chi connectivity index (χ0v) is 19.7. The van der Waals surface area contributed by atoms with Gasteiger partial charge in [-0.15, -0.1) is 0 Å². The van der Waals surface area contributed by atoms with Crippen molar-refractivity contribution in [2.75, 3.05) is 19.8 Å². The smallest absolute Gasteiger partial charge is 0.374 e. The first-order valence-electron chi connectivity index (χ1n) is 10.7. The number of nitrogens with one attached hydrogen (secondary N) is 2. The standard InChI is InChI=1S/C19H36N6O3Si/c1-7-15-20-17(24-22-15)19(6,18-21-16(8-2)23-25-18)13-12-14-29(26-9-3,27-10-4)28-11-5/h7-14H2,1-6H3,(H,20,22,24)(H,21,23,25). The lowest BCUT2D eigenvalue weighted by molar-refractivity contribution is 0.0703. The van der Waals surface area contributed by atoms with Crippen molar-refractivity contribution in [3.8, 4) is 0 Å². The van der Waals surface area contributed by atoms with Gasteiger partial charge in [0.15, 0.2) is 11.6 Å². The van der Waals surface area contributed by atoms with Gasteiger partial charge in [-0.25, -0.2) is 9.97 Å². The number of rotatable bonds is 14. The van der Waals surface area contributed by atoms with E-state index in [-0.39, 0.29) is 0 Å². The molecule has 0 aliphatic rings. The monoisotopic (exact) mass is 424 g/mol. The summed E-state index contributed by atoms with van der Waals surface area (Å²) in [5.41, 5.74) is -0.515. The van der Waals surface area contributed by atoms with E-state index in [4.69, 9.17) is 23.2 Å². The fourth-order valence-corrected chi connectivity index (χ4v) is 6.00. The topological polar surface area (TPSA) is 111 Å². The molecule has 0 unspecified atom stereocenters. The molecule has 2 rings (SSSR count). The number of nitrogens with zero attached hydrogens (tertiary/aromatic N) is 4. The fraction of sp³-hybridized carbons (Fsp3) is 0.789. The quantitative estimate of drug-likeness (QED) is 0.448. The predicted molar refractivity (Wildman–Crippen MR) is 113 cm³/mol. The normalized spacial score (nSPS) is 12.6. The van der Waals surface area contributed by atoms with E-state index in [2.05, 4.69) is 41.2 Å². The minimum absolute atomic E-state index is 0.515. The maximum absolute atomic E-state index is 6.00. The summed E-state index contributed by atoms with van der Waals surface area (Å²) in [5, 5.41) is 15.0. The largest absolute Gasteiger partial charge is 0.500 e. The molecule has 9 nitrogen and oxygen atoms in total. The highest BCUT2D eigenvalue weighted by atomic mass is 28.4. The molecule has 2 aromatic rings. The SMILES string of the molecule is CCO[Si](CCCC(C)(c1n[nH]c(CC)n1)c1n[nH]c(CC)n1)(OCC)OCC. The molecule has 164 valence electrons. The van der Waals surface area contributed by atoms with Crippen LogP contribution in [-0.4, -0.2) is 59.0 Å². The van der Waals surface area contributed by atoms with Gasteiger partial charge in [-0.05, 0) is 40.5 Å². The van der Waals surface area contributed by atoms with Crippen LogP contribution in [0.3, 0.4) is 0 Å². The van der Waals surface area contributed by atoms with Crippen molar-refractivity contribution in [2.45, 2.75) is 78.7 Å². The Balaban J connectivity index is 2.25. The van der Waals surface area contributed by atoms with E-state index in [0.717, 1.165) is 43.4 Å². The number of aryl methyl sites for hydroxylation is 2. The van der Waals surface area contributed by atoms with Gasteiger partial charge in [-0.3, -0.25) is 10.2 Å². The third-order valence-electron chi connectivity index (χ3n) is 4.97. The summed E-state index contributed by atoms with van der Waals surface area (Å²) in [6, 6.07) is 0.730. The van der Waals surface area contributed by atoms with E-state index < -0.39 is 14.2 Å². The van der Waals surface area contributed by atoms with Crippen LogP contribution < -0.4 is 0 Å². The van der Waals surface area contributed by atoms with Crippen molar-refractivity contribution < 1.29 is 13.3 Å². The van der Waals surface area contributed by atoms with Gasteiger partial charge in [-0.2, -0.15) is 10.2 Å². The van der Waals surface area contributed by atoms with Crippen LogP contribution in [0.2, 0.25) is 6.04 Å². The lowest BCUT2D eigenvalue weighted by atomic mass is 9.84. The Kier molecular flexibility index (Phi) is 8.94. The first-order valence-corrected chi connectivity index (χ1v) is 12.6. The molecule has 0 aliphatic carbocycles. The van der Waals surface area contributed by atoms with Crippen LogP contribution in [0.25, 0.3) is 0 Å². The van der Waals surface area contributed by atoms with Crippen molar-refractivity contribution in [3.05, 3.63) is 23.3 Å². The first-order chi connectivity index (χ1) is 14.0. The molecule has 0 saturated carbocycles. The molecule has 2 N–H and O–H groups in total. The summed E-state index contributed by atoms with van der Waals surface area (Å²) < 4.78 is 18.0. The molecule has 10 heteroatoms. The van der Waals surface area contributed by atoms with E-state index in [1.54, 1.807) is 0 Å². The van der Waals surface area contributed by atoms with Crippen LogP contribution in [-0.2, 0) is 31.5 Å². The van der Waals surface area contributed by atoms with Crippen LogP contribution >= 0.6 is 0 Å². The molecule has 0 radical (unpaired) electrons. The molecular formula is C19H36N6O3Si. The Bertz CT molecular complexity index is 676. The number of hydrogen-bond acceptors (Lipinski definition) is 7. The summed E-state index contributed by atoms with van der Waals surface area (Å²) >= 11 is 0. The number of H-pyrrole nitrogens is 2. The van der Waals surface area contributed by atoms with E-state index in [1.807, 2.05) is 20.8 Å². The molecule has 0 atom stereocenters. The van der Waals surface area contributed by atoms with Crippen molar-refractivity contribution >= 4 is 8.80 Å². The molecule has 2 aromatic heterocycles. The highest BCUT2D eigenvalue weighted by molar-refractivity contribution is 6.60. The average molecular weight is 425 g/mol. The predicted octanol–water partition coefficient (Wildman–Crippen LogP) is 3.18. The Morgan fingerprint density at radius 3 is 1.59 bits per heavy atom. The van der Waals surface area contributed by atoms with Gasteiger partial charge >= 0.3 is 8.80 Å². The summed E-state index contributed by atoms with van der Waals surface area (Å²) in [4.78, 5) is 9.39. The van der Waals surface area contributed by atoms with Crippen LogP contribution in [0.4, 0.5) is 0 Å². The van der Waals surface area contributed by atoms with Crippen molar-refractivity contribution in [1.29, 1.82) is 0 Å². The Morgan fingerprint density at radius 1 is 0.793 bits per heavy atom. The molecule has 2 heterocycles. The van der Waals surface area contributed by atoms with Gasteiger partial charge in [0, 0.05) is 38.7 Å². The van der Waals surface area contributed by atoms with E-state index in [0.29, 0.717) is 31.5 Å². The number of aromatic amines is 2. The van der Waals surface area contributed by atoms with Crippen molar-refractivity contribution in [2.24, 2.45) is 0 Å². The van der Waals surface area contributed by atoms with Crippen LogP contribution in [0.15, 0.2) is 0 Å². The summed E-state index contributed by atoms with van der Waals surface area (Å²) in [5.74, 6) is 3.15. The minimum Gasteiger partial charge on any atom is -0.374 e. The molecule has 0 spiro atoms. The van der Waals surface area contributed by atoms with Crippen LogP contribution in [0.5, 0.6) is 0 Å².